The second-order valence-electron chi connectivity index (χ2n) is 8.67. The summed E-state index contributed by atoms with van der Waals surface area (Å²) in [5, 5.41) is 9.00. The molecule has 0 fully saturated rings. The Morgan fingerprint density at radius 1 is 1.00 bits per heavy atom. The van der Waals surface area contributed by atoms with E-state index < -0.39 is 26.6 Å². The molecule has 5 rings (SSSR count). The zero-order valence-corrected chi connectivity index (χ0v) is 21.5. The Bertz CT molecular complexity index is 1680. The third kappa shape index (κ3) is 4.36. The zero-order chi connectivity index (χ0) is 26.5. The molecule has 1 amide bonds. The average molecular weight is 554 g/mol. The van der Waals surface area contributed by atoms with Crippen molar-refractivity contribution in [3.63, 3.8) is 0 Å². The van der Waals surface area contributed by atoms with Gasteiger partial charge in [-0.3, -0.25) is 13.9 Å². The van der Waals surface area contributed by atoms with Gasteiger partial charge in [0.2, 0.25) is 5.95 Å². The first-order chi connectivity index (χ1) is 17.5. The first kappa shape index (κ1) is 24.9. The van der Waals surface area contributed by atoms with Crippen LogP contribution < -0.4 is 4.90 Å². The summed E-state index contributed by atoms with van der Waals surface area (Å²) in [5.41, 5.74) is 1.55. The fourth-order valence-electron chi connectivity index (χ4n) is 4.46. The van der Waals surface area contributed by atoms with Crippen LogP contribution in [0.2, 0.25) is 10.0 Å². The van der Waals surface area contributed by atoms with Gasteiger partial charge in [0.1, 0.15) is 17.3 Å². The molecule has 37 heavy (non-hydrogen) atoms. The number of nitriles is 1. The summed E-state index contributed by atoms with van der Waals surface area (Å²) in [6, 6.07) is 17.2. The van der Waals surface area contributed by atoms with Crippen molar-refractivity contribution in [2.24, 2.45) is 0 Å². The Morgan fingerprint density at radius 2 is 1.65 bits per heavy atom. The lowest BCUT2D eigenvalue weighted by atomic mass is 9.91. The predicted molar refractivity (Wildman–Crippen MR) is 137 cm³/mol. The maximum atomic E-state index is 13.9. The first-order valence-electron chi connectivity index (χ1n) is 10.8. The number of fused-ring (bicyclic) bond motifs is 1. The number of amides is 1. The fourth-order valence-corrected chi connectivity index (χ4v) is 5.67. The summed E-state index contributed by atoms with van der Waals surface area (Å²) in [4.78, 5) is 23.3. The number of carbonyl (C=O) groups excluding carboxylic acids is 1. The molecule has 9 nitrogen and oxygen atoms in total. The van der Waals surface area contributed by atoms with Gasteiger partial charge in [-0.25, -0.2) is 14.9 Å². The Kier molecular flexibility index (Phi) is 6.04. The van der Waals surface area contributed by atoms with E-state index >= 15 is 0 Å². The molecule has 12 heteroatoms. The summed E-state index contributed by atoms with van der Waals surface area (Å²) < 4.78 is 35.5. The van der Waals surface area contributed by atoms with Crippen molar-refractivity contribution < 1.29 is 17.8 Å². The van der Waals surface area contributed by atoms with E-state index in [1.54, 1.807) is 25.3 Å². The van der Waals surface area contributed by atoms with Crippen molar-refractivity contribution in [1.82, 2.24) is 14.5 Å². The van der Waals surface area contributed by atoms with Crippen LogP contribution in [0, 0.1) is 11.3 Å². The highest BCUT2D eigenvalue weighted by Crippen LogP contribution is 2.44. The maximum absolute atomic E-state index is 13.9. The van der Waals surface area contributed by atoms with E-state index in [1.807, 2.05) is 30.3 Å². The standard InChI is InChI=1S/C25H17Cl2N5O4S/c1-25(11-15-2-4-16(5-3-15)17-6-7-20(12-28)29-13-17)23(33)31(21-9-18(26)8-19(27)10-21)24-30-14-22(32(24)25)37(34,35)36/h2-10,13-14H,11H2,1H3,(H,34,35,36). The summed E-state index contributed by atoms with van der Waals surface area (Å²) in [5.74, 6) is -0.460. The minimum absolute atomic E-state index is 0.0127. The van der Waals surface area contributed by atoms with Gasteiger partial charge in [0.05, 0.1) is 11.9 Å². The highest BCUT2D eigenvalue weighted by atomic mass is 35.5. The SMILES string of the molecule is CC1(Cc2ccc(-c3ccc(C#N)nc3)cc2)C(=O)N(c2cc(Cl)cc(Cl)c2)c2ncc(S(=O)(=O)O)n21. The minimum atomic E-state index is -4.70. The van der Waals surface area contributed by atoms with Gasteiger partial charge in [0.15, 0.2) is 5.03 Å². The molecular weight excluding hydrogens is 537 g/mol. The van der Waals surface area contributed by atoms with E-state index in [9.17, 15) is 17.8 Å². The molecule has 2 aromatic heterocycles. The number of halogens is 2. The molecule has 0 bridgehead atoms. The smallest absolute Gasteiger partial charge is 0.283 e. The lowest BCUT2D eigenvalue weighted by Crippen LogP contribution is -2.41. The topological polar surface area (TPSA) is 129 Å². The second-order valence-corrected chi connectivity index (χ2v) is 10.9. The van der Waals surface area contributed by atoms with E-state index in [1.165, 1.54) is 27.7 Å². The van der Waals surface area contributed by atoms with Gasteiger partial charge in [0.25, 0.3) is 5.91 Å². The van der Waals surface area contributed by atoms with Crippen LogP contribution in [-0.4, -0.2) is 33.4 Å². The van der Waals surface area contributed by atoms with Crippen LogP contribution in [0.5, 0.6) is 0 Å². The molecule has 0 radical (unpaired) electrons. The van der Waals surface area contributed by atoms with Gasteiger partial charge < -0.3 is 0 Å². The molecule has 0 saturated heterocycles. The Labute approximate surface area is 222 Å². The molecule has 0 spiro atoms. The van der Waals surface area contributed by atoms with Crippen molar-refractivity contribution in [1.29, 1.82) is 5.26 Å². The van der Waals surface area contributed by atoms with Crippen molar-refractivity contribution in [3.05, 3.63) is 88.3 Å². The monoisotopic (exact) mass is 553 g/mol. The normalized spacial score (nSPS) is 17.1. The Balaban J connectivity index is 1.57. The van der Waals surface area contributed by atoms with Crippen molar-refractivity contribution in [2.75, 3.05) is 4.90 Å². The molecule has 1 atom stereocenters. The van der Waals surface area contributed by atoms with E-state index in [-0.39, 0.29) is 22.4 Å². The third-order valence-corrected chi connectivity index (χ3v) is 7.40. The van der Waals surface area contributed by atoms with E-state index in [0.717, 1.165) is 22.9 Å². The number of hydrogen-bond donors (Lipinski definition) is 1. The summed E-state index contributed by atoms with van der Waals surface area (Å²) >= 11 is 12.3. The van der Waals surface area contributed by atoms with Gasteiger partial charge in [-0.15, -0.1) is 0 Å². The lowest BCUT2D eigenvalue weighted by molar-refractivity contribution is -0.124. The number of aromatic nitrogens is 3. The van der Waals surface area contributed by atoms with Gasteiger partial charge >= 0.3 is 10.1 Å². The summed E-state index contributed by atoms with van der Waals surface area (Å²) in [7, 11) is -4.70. The third-order valence-electron chi connectivity index (χ3n) is 6.15. The summed E-state index contributed by atoms with van der Waals surface area (Å²) in [6.07, 6.45) is 2.70. The summed E-state index contributed by atoms with van der Waals surface area (Å²) in [6.45, 7) is 1.58. The predicted octanol–water partition coefficient (Wildman–Crippen LogP) is 5.01. The van der Waals surface area contributed by atoms with Crippen LogP contribution in [0.15, 0.2) is 72.0 Å². The molecule has 1 aliphatic heterocycles. The lowest BCUT2D eigenvalue weighted by Gasteiger charge is -2.26. The second kappa shape index (κ2) is 8.97. The van der Waals surface area contributed by atoms with Crippen LogP contribution in [0.4, 0.5) is 11.6 Å². The van der Waals surface area contributed by atoms with E-state index in [4.69, 9.17) is 28.5 Å². The molecule has 4 aromatic rings. The molecular formula is C25H17Cl2N5O4S. The molecule has 1 unspecified atom stereocenters. The van der Waals surface area contributed by atoms with Crippen LogP contribution in [0.25, 0.3) is 11.1 Å². The van der Waals surface area contributed by atoms with E-state index in [0.29, 0.717) is 11.4 Å². The molecule has 2 aromatic carbocycles. The largest absolute Gasteiger partial charge is 0.312 e. The number of imidazole rings is 1. The number of pyridine rings is 1. The highest BCUT2D eigenvalue weighted by molar-refractivity contribution is 7.85. The van der Waals surface area contributed by atoms with Crippen molar-refractivity contribution in [3.8, 4) is 17.2 Å². The van der Waals surface area contributed by atoms with Crippen LogP contribution in [-0.2, 0) is 26.9 Å². The van der Waals surface area contributed by atoms with Crippen LogP contribution in [0.3, 0.4) is 0 Å². The number of carbonyl (C=O) groups is 1. The Morgan fingerprint density at radius 3 is 2.22 bits per heavy atom. The minimum Gasteiger partial charge on any atom is -0.283 e. The number of rotatable bonds is 5. The van der Waals surface area contributed by atoms with Gasteiger partial charge in [-0.2, -0.15) is 13.7 Å². The van der Waals surface area contributed by atoms with Gasteiger partial charge in [-0.1, -0.05) is 47.5 Å². The van der Waals surface area contributed by atoms with Crippen molar-refractivity contribution >= 4 is 50.9 Å². The molecule has 3 heterocycles. The fraction of sp³-hybridized carbons (Fsp3) is 0.120. The number of nitrogens with zero attached hydrogens (tertiary/aromatic N) is 5. The van der Waals surface area contributed by atoms with Crippen LogP contribution >= 0.6 is 23.2 Å². The molecule has 0 saturated carbocycles. The molecule has 1 N–H and O–H groups in total. The van der Waals surface area contributed by atoms with Gasteiger partial charge in [0, 0.05) is 28.2 Å². The maximum Gasteiger partial charge on any atom is 0.312 e. The molecule has 186 valence electrons. The van der Waals surface area contributed by atoms with Gasteiger partial charge in [-0.05, 0) is 48.4 Å². The first-order valence-corrected chi connectivity index (χ1v) is 13.0. The molecule has 1 aliphatic rings. The number of hydrogen-bond acceptors (Lipinski definition) is 6. The van der Waals surface area contributed by atoms with Crippen molar-refractivity contribution in [2.45, 2.75) is 23.9 Å². The quantitative estimate of drug-likeness (QED) is 0.344. The number of benzene rings is 2. The molecule has 0 aliphatic carbocycles. The Hall–Kier alpha value is -3.75. The zero-order valence-electron chi connectivity index (χ0n) is 19.1. The highest BCUT2D eigenvalue weighted by Gasteiger charge is 2.51. The van der Waals surface area contributed by atoms with E-state index in [2.05, 4.69) is 9.97 Å². The number of anilines is 2. The average Bonchev–Trinajstić information content (AvgIpc) is 3.37. The van der Waals surface area contributed by atoms with Crippen LogP contribution in [0.1, 0.15) is 18.2 Å².